The Morgan fingerprint density at radius 1 is 1.32 bits per heavy atom. The Labute approximate surface area is 151 Å². The van der Waals surface area contributed by atoms with Crippen LogP contribution in [0.3, 0.4) is 0 Å². The molecule has 1 amide bonds. The lowest BCUT2D eigenvalue weighted by Gasteiger charge is -2.26. The maximum atomic E-state index is 13.1. The van der Waals surface area contributed by atoms with Gasteiger partial charge in [-0.05, 0) is 60.7 Å². The van der Waals surface area contributed by atoms with Crippen LogP contribution in [0.2, 0.25) is 0 Å². The highest BCUT2D eigenvalue weighted by Crippen LogP contribution is 2.49. The first-order valence-electron chi connectivity index (χ1n) is 8.91. The van der Waals surface area contributed by atoms with Crippen LogP contribution in [-0.4, -0.2) is 28.5 Å². The molecule has 2 fully saturated rings. The van der Waals surface area contributed by atoms with Gasteiger partial charge in [0.1, 0.15) is 5.82 Å². The topological polar surface area (TPSA) is 40.5 Å². The van der Waals surface area contributed by atoms with Gasteiger partial charge in [0.05, 0.1) is 6.10 Å². The molecule has 1 N–H and O–H groups in total. The van der Waals surface area contributed by atoms with Crippen molar-refractivity contribution in [2.75, 3.05) is 6.54 Å². The number of carbonyl (C=O) groups excluding carboxylic acids is 1. The minimum Gasteiger partial charge on any atom is -0.387 e. The number of halogens is 1. The van der Waals surface area contributed by atoms with Crippen molar-refractivity contribution in [2.45, 2.75) is 43.7 Å². The molecule has 1 saturated heterocycles. The van der Waals surface area contributed by atoms with E-state index in [1.54, 1.807) is 23.5 Å². The number of hydrogen-bond acceptors (Lipinski definition) is 3. The summed E-state index contributed by atoms with van der Waals surface area (Å²) < 4.78 is 13.1. The number of amides is 1. The summed E-state index contributed by atoms with van der Waals surface area (Å²) in [6, 6.07) is 10.5. The van der Waals surface area contributed by atoms with Gasteiger partial charge in [-0.15, -0.1) is 11.3 Å². The van der Waals surface area contributed by atoms with E-state index in [2.05, 4.69) is 0 Å². The van der Waals surface area contributed by atoms with E-state index in [-0.39, 0.29) is 29.6 Å². The third-order valence-electron chi connectivity index (χ3n) is 5.43. The molecule has 1 aromatic heterocycles. The maximum Gasteiger partial charge on any atom is 0.226 e. The SMILES string of the molecule is O=C([C@@H]1C[C@@H]1c1ccc(F)cc1)N1CCC[C@@H]1C[C@@H](O)c1cccs1. The summed E-state index contributed by atoms with van der Waals surface area (Å²) in [4.78, 5) is 15.9. The van der Waals surface area contributed by atoms with E-state index in [1.807, 2.05) is 22.4 Å². The molecule has 25 heavy (non-hydrogen) atoms. The predicted molar refractivity (Wildman–Crippen MR) is 95.9 cm³/mol. The standard InChI is InChI=1S/C20H22FNO2S/c21-14-7-5-13(6-8-14)16-12-17(16)20(24)22-9-1-3-15(22)11-18(23)19-4-2-10-25-19/h2,4-8,10,15-18,23H,1,3,9,11-12H2/t15-,16-,17-,18-/m1/s1. The van der Waals surface area contributed by atoms with Gasteiger partial charge in [0.25, 0.3) is 0 Å². The van der Waals surface area contributed by atoms with Crippen molar-refractivity contribution < 1.29 is 14.3 Å². The molecule has 2 aromatic rings. The first kappa shape index (κ1) is 16.7. The molecule has 2 aliphatic rings. The van der Waals surface area contributed by atoms with Crippen molar-refractivity contribution in [2.24, 2.45) is 5.92 Å². The molecule has 4 rings (SSSR count). The molecule has 0 bridgehead atoms. The normalized spacial score (nSPS) is 26.6. The van der Waals surface area contributed by atoms with E-state index in [0.717, 1.165) is 36.2 Å². The van der Waals surface area contributed by atoms with Crippen LogP contribution in [0, 0.1) is 11.7 Å². The molecule has 5 heteroatoms. The van der Waals surface area contributed by atoms with Crippen LogP contribution < -0.4 is 0 Å². The summed E-state index contributed by atoms with van der Waals surface area (Å²) in [5.41, 5.74) is 1.05. The molecule has 3 nitrogen and oxygen atoms in total. The zero-order valence-electron chi connectivity index (χ0n) is 14.0. The van der Waals surface area contributed by atoms with E-state index in [1.165, 1.54) is 12.1 Å². The van der Waals surface area contributed by atoms with Gasteiger partial charge < -0.3 is 10.0 Å². The largest absolute Gasteiger partial charge is 0.387 e. The number of benzene rings is 1. The highest BCUT2D eigenvalue weighted by Gasteiger charge is 2.47. The number of aliphatic hydroxyl groups excluding tert-OH is 1. The van der Waals surface area contributed by atoms with Gasteiger partial charge in [0.15, 0.2) is 0 Å². The van der Waals surface area contributed by atoms with Crippen LogP contribution in [0.25, 0.3) is 0 Å². The maximum absolute atomic E-state index is 13.1. The lowest BCUT2D eigenvalue weighted by atomic mass is 10.0. The van der Waals surface area contributed by atoms with Crippen molar-refractivity contribution in [3.05, 3.63) is 58.0 Å². The zero-order valence-corrected chi connectivity index (χ0v) is 14.8. The van der Waals surface area contributed by atoms with Crippen LogP contribution in [0.4, 0.5) is 4.39 Å². The van der Waals surface area contributed by atoms with E-state index in [0.29, 0.717) is 6.42 Å². The van der Waals surface area contributed by atoms with Gasteiger partial charge >= 0.3 is 0 Å². The lowest BCUT2D eigenvalue weighted by molar-refractivity contribution is -0.134. The Bertz CT molecular complexity index is 731. The third-order valence-corrected chi connectivity index (χ3v) is 6.41. The number of aliphatic hydroxyl groups is 1. The number of hydrogen-bond donors (Lipinski definition) is 1. The summed E-state index contributed by atoms with van der Waals surface area (Å²) in [6.45, 7) is 0.785. The van der Waals surface area contributed by atoms with Crippen LogP contribution in [0.1, 0.15) is 48.1 Å². The minimum absolute atomic E-state index is 0.0185. The fourth-order valence-corrected chi connectivity index (χ4v) is 4.71. The second-order valence-corrected chi connectivity index (χ2v) is 8.07. The molecule has 0 radical (unpaired) electrons. The molecular formula is C20H22FNO2S. The van der Waals surface area contributed by atoms with Crippen LogP contribution >= 0.6 is 11.3 Å². The number of nitrogens with zero attached hydrogens (tertiary/aromatic N) is 1. The Morgan fingerprint density at radius 3 is 2.84 bits per heavy atom. The van der Waals surface area contributed by atoms with E-state index in [4.69, 9.17) is 0 Å². The summed E-state index contributed by atoms with van der Waals surface area (Å²) in [5, 5.41) is 12.4. The highest BCUT2D eigenvalue weighted by atomic mass is 32.1. The van der Waals surface area contributed by atoms with E-state index >= 15 is 0 Å². The molecule has 2 heterocycles. The van der Waals surface area contributed by atoms with Crippen molar-refractivity contribution >= 4 is 17.2 Å². The van der Waals surface area contributed by atoms with Crippen LogP contribution in [-0.2, 0) is 4.79 Å². The van der Waals surface area contributed by atoms with E-state index < -0.39 is 6.10 Å². The average molecular weight is 359 g/mol. The molecule has 132 valence electrons. The Kier molecular flexibility index (Phi) is 4.61. The third kappa shape index (κ3) is 3.48. The quantitative estimate of drug-likeness (QED) is 0.873. The second kappa shape index (κ2) is 6.89. The fourth-order valence-electron chi connectivity index (χ4n) is 3.98. The summed E-state index contributed by atoms with van der Waals surface area (Å²) in [6.07, 6.45) is 2.93. The Morgan fingerprint density at radius 2 is 2.12 bits per heavy atom. The number of likely N-dealkylation sites (tertiary alicyclic amines) is 1. The van der Waals surface area contributed by atoms with Gasteiger partial charge in [0.2, 0.25) is 5.91 Å². The zero-order chi connectivity index (χ0) is 17.4. The van der Waals surface area contributed by atoms with Gasteiger partial charge in [-0.2, -0.15) is 0 Å². The molecular weight excluding hydrogens is 337 g/mol. The second-order valence-electron chi connectivity index (χ2n) is 7.09. The van der Waals surface area contributed by atoms with Gasteiger partial charge in [-0.3, -0.25) is 4.79 Å². The number of carbonyl (C=O) groups is 1. The number of rotatable bonds is 5. The smallest absolute Gasteiger partial charge is 0.226 e. The highest BCUT2D eigenvalue weighted by molar-refractivity contribution is 7.10. The van der Waals surface area contributed by atoms with Gasteiger partial charge in [0, 0.05) is 23.4 Å². The molecule has 1 aromatic carbocycles. The van der Waals surface area contributed by atoms with Crippen molar-refractivity contribution in [3.8, 4) is 0 Å². The minimum atomic E-state index is -0.495. The predicted octanol–water partition coefficient (Wildman–Crippen LogP) is 4.11. The Balaban J connectivity index is 1.39. The summed E-state index contributed by atoms with van der Waals surface area (Å²) >= 11 is 1.56. The fraction of sp³-hybridized carbons (Fsp3) is 0.450. The molecule has 0 unspecified atom stereocenters. The molecule has 1 aliphatic carbocycles. The number of thiophene rings is 1. The molecule has 0 spiro atoms. The van der Waals surface area contributed by atoms with Gasteiger partial charge in [-0.1, -0.05) is 18.2 Å². The summed E-state index contributed by atoms with van der Waals surface area (Å²) in [7, 11) is 0. The lowest BCUT2D eigenvalue weighted by Crippen LogP contribution is -2.37. The van der Waals surface area contributed by atoms with Crippen molar-refractivity contribution in [1.82, 2.24) is 4.90 Å². The molecule has 1 saturated carbocycles. The molecule has 4 atom stereocenters. The van der Waals surface area contributed by atoms with Crippen molar-refractivity contribution in [3.63, 3.8) is 0 Å². The Hall–Kier alpha value is -1.72. The monoisotopic (exact) mass is 359 g/mol. The summed E-state index contributed by atoms with van der Waals surface area (Å²) in [5.74, 6) is 0.200. The molecule has 1 aliphatic heterocycles. The van der Waals surface area contributed by atoms with Crippen LogP contribution in [0.15, 0.2) is 41.8 Å². The van der Waals surface area contributed by atoms with Gasteiger partial charge in [-0.25, -0.2) is 4.39 Å². The van der Waals surface area contributed by atoms with Crippen molar-refractivity contribution in [1.29, 1.82) is 0 Å². The van der Waals surface area contributed by atoms with E-state index in [9.17, 15) is 14.3 Å². The van der Waals surface area contributed by atoms with Crippen LogP contribution in [0.5, 0.6) is 0 Å². The first-order valence-corrected chi connectivity index (χ1v) is 9.79. The average Bonchev–Trinajstić information content (AvgIpc) is 3.00. The first-order chi connectivity index (χ1) is 12.1.